The van der Waals surface area contributed by atoms with Crippen molar-refractivity contribution in [3.05, 3.63) is 51.3 Å². The Morgan fingerprint density at radius 1 is 0.967 bits per heavy atom. The van der Waals surface area contributed by atoms with Gasteiger partial charge in [0.05, 0.1) is 5.02 Å². The summed E-state index contributed by atoms with van der Waals surface area (Å²) in [4.78, 5) is 29.1. The molecule has 0 saturated carbocycles. The number of halogens is 1. The van der Waals surface area contributed by atoms with Crippen molar-refractivity contribution in [3.63, 3.8) is 0 Å². The fraction of sp³-hybridized carbons (Fsp3) is 0.520. The third kappa shape index (κ3) is 3.39. The summed E-state index contributed by atoms with van der Waals surface area (Å²) in [6.07, 6.45) is 2.53. The van der Waals surface area contributed by atoms with Crippen LogP contribution in [0.2, 0.25) is 5.02 Å². The van der Waals surface area contributed by atoms with Crippen LogP contribution >= 0.6 is 11.6 Å². The van der Waals surface area contributed by atoms with Crippen LogP contribution in [-0.2, 0) is 9.59 Å². The molecule has 160 valence electrons. The van der Waals surface area contributed by atoms with E-state index in [0.29, 0.717) is 12.8 Å². The van der Waals surface area contributed by atoms with Crippen molar-refractivity contribution in [2.45, 2.75) is 66.2 Å². The molecule has 4 nitrogen and oxygen atoms in total. The van der Waals surface area contributed by atoms with E-state index in [-0.39, 0.29) is 33.2 Å². The van der Waals surface area contributed by atoms with Crippen LogP contribution in [-0.4, -0.2) is 28.1 Å². The molecule has 0 amide bonds. The number of benzene rings is 1. The zero-order valence-corrected chi connectivity index (χ0v) is 19.2. The van der Waals surface area contributed by atoms with Gasteiger partial charge in [-0.1, -0.05) is 45.4 Å². The Morgan fingerprint density at radius 3 is 1.90 bits per heavy atom. The average Bonchev–Trinajstić information content (AvgIpc) is 2.60. The van der Waals surface area contributed by atoms with E-state index in [0.717, 1.165) is 47.5 Å². The second-order valence-corrected chi connectivity index (χ2v) is 10.9. The lowest BCUT2D eigenvalue weighted by Crippen LogP contribution is -2.44. The van der Waals surface area contributed by atoms with Gasteiger partial charge in [0, 0.05) is 47.8 Å². The average molecular weight is 428 g/mol. The summed E-state index contributed by atoms with van der Waals surface area (Å²) < 4.78 is 0. The zero-order chi connectivity index (χ0) is 22.0. The third-order valence-corrected chi connectivity index (χ3v) is 6.95. The number of Topliss-reactive ketones (excluding diaryl/α,β-unsaturated/α-hetero) is 2. The van der Waals surface area contributed by atoms with Gasteiger partial charge in [0.25, 0.3) is 0 Å². The molecular formula is C25H30ClNO3. The zero-order valence-electron chi connectivity index (χ0n) is 18.4. The molecule has 4 rings (SSSR count). The summed E-state index contributed by atoms with van der Waals surface area (Å²) in [5, 5.41) is 10.2. The molecule has 0 fully saturated rings. The molecule has 0 radical (unpaired) electrons. The first-order chi connectivity index (χ1) is 13.9. The van der Waals surface area contributed by atoms with Crippen molar-refractivity contribution in [3.8, 4) is 5.75 Å². The molecule has 0 spiro atoms. The summed E-state index contributed by atoms with van der Waals surface area (Å²) in [7, 11) is 0. The number of phenolic OH excluding ortho intramolecular Hbond substituents is 1. The van der Waals surface area contributed by atoms with E-state index in [9.17, 15) is 14.7 Å². The Kier molecular flexibility index (Phi) is 4.93. The first-order valence-electron chi connectivity index (χ1n) is 10.7. The number of hydrogen-bond donors (Lipinski definition) is 1. The third-order valence-electron chi connectivity index (χ3n) is 6.64. The topological polar surface area (TPSA) is 57.6 Å². The fourth-order valence-electron chi connectivity index (χ4n) is 5.47. The summed E-state index contributed by atoms with van der Waals surface area (Å²) in [6, 6.07) is 5.06. The Bertz CT molecular complexity index is 961. The minimum absolute atomic E-state index is 0.00188. The van der Waals surface area contributed by atoms with E-state index in [4.69, 9.17) is 11.6 Å². The van der Waals surface area contributed by atoms with Gasteiger partial charge >= 0.3 is 0 Å². The predicted octanol–water partition coefficient (Wildman–Crippen LogP) is 5.75. The summed E-state index contributed by atoms with van der Waals surface area (Å²) >= 11 is 6.24. The largest absolute Gasteiger partial charge is 0.506 e. The van der Waals surface area contributed by atoms with Crippen LogP contribution in [0.5, 0.6) is 5.75 Å². The van der Waals surface area contributed by atoms with Gasteiger partial charge in [-0.3, -0.25) is 9.59 Å². The highest BCUT2D eigenvalue weighted by molar-refractivity contribution is 6.32. The van der Waals surface area contributed by atoms with Crippen LogP contribution in [0.1, 0.15) is 71.8 Å². The van der Waals surface area contributed by atoms with Crippen molar-refractivity contribution in [1.82, 2.24) is 4.90 Å². The Labute approximate surface area is 183 Å². The van der Waals surface area contributed by atoms with Gasteiger partial charge in [-0.2, -0.15) is 0 Å². The second-order valence-electron chi connectivity index (χ2n) is 10.5. The van der Waals surface area contributed by atoms with Crippen molar-refractivity contribution in [2.24, 2.45) is 10.8 Å². The lowest BCUT2D eigenvalue weighted by atomic mass is 9.63. The van der Waals surface area contributed by atoms with E-state index in [2.05, 4.69) is 39.5 Å². The Balaban J connectivity index is 2.00. The number of allylic oxidation sites excluding steroid dienone is 4. The fourth-order valence-corrected chi connectivity index (χ4v) is 5.65. The van der Waals surface area contributed by atoms with E-state index in [1.54, 1.807) is 18.2 Å². The highest BCUT2D eigenvalue weighted by Crippen LogP contribution is 2.54. The summed E-state index contributed by atoms with van der Waals surface area (Å²) in [5.41, 5.74) is 4.15. The van der Waals surface area contributed by atoms with Crippen molar-refractivity contribution in [2.75, 3.05) is 6.54 Å². The van der Waals surface area contributed by atoms with Gasteiger partial charge in [-0.25, -0.2) is 0 Å². The van der Waals surface area contributed by atoms with Crippen LogP contribution in [0.3, 0.4) is 0 Å². The molecule has 1 aromatic rings. The Hall–Kier alpha value is -2.07. The lowest BCUT2D eigenvalue weighted by Gasteiger charge is -2.48. The number of phenols is 1. The molecule has 0 bridgehead atoms. The molecule has 3 aliphatic rings. The van der Waals surface area contributed by atoms with Crippen LogP contribution in [0.4, 0.5) is 0 Å². The SMILES string of the molecule is CCN1C2=C(C(=O)CC(C)(C)C2)C(c2ccc(O)c(Cl)c2)C2=C1CC(C)(C)CC2=O. The van der Waals surface area contributed by atoms with Gasteiger partial charge in [0.2, 0.25) is 0 Å². The van der Waals surface area contributed by atoms with E-state index in [1.165, 1.54) is 0 Å². The number of rotatable bonds is 2. The van der Waals surface area contributed by atoms with Gasteiger partial charge in [-0.05, 0) is 48.3 Å². The molecular weight excluding hydrogens is 398 g/mol. The van der Waals surface area contributed by atoms with Crippen molar-refractivity contribution in [1.29, 1.82) is 0 Å². The maximum Gasteiger partial charge on any atom is 0.162 e. The maximum atomic E-state index is 13.4. The molecule has 0 saturated heterocycles. The number of hydrogen-bond acceptors (Lipinski definition) is 4. The molecule has 30 heavy (non-hydrogen) atoms. The smallest absolute Gasteiger partial charge is 0.162 e. The molecule has 1 heterocycles. The summed E-state index contributed by atoms with van der Waals surface area (Å²) in [6.45, 7) is 11.4. The van der Waals surface area contributed by atoms with Crippen molar-refractivity contribution < 1.29 is 14.7 Å². The van der Waals surface area contributed by atoms with Crippen LogP contribution in [0.25, 0.3) is 0 Å². The van der Waals surface area contributed by atoms with E-state index < -0.39 is 5.92 Å². The number of carbonyl (C=O) groups is 2. The second kappa shape index (κ2) is 6.98. The predicted molar refractivity (Wildman–Crippen MR) is 118 cm³/mol. The Morgan fingerprint density at radius 2 is 1.47 bits per heavy atom. The minimum atomic E-state index is -0.414. The molecule has 1 aliphatic heterocycles. The molecule has 1 aromatic carbocycles. The number of aromatic hydroxyl groups is 1. The summed E-state index contributed by atoms with van der Waals surface area (Å²) in [5.74, 6) is -0.193. The van der Waals surface area contributed by atoms with Gasteiger partial charge in [0.15, 0.2) is 11.6 Å². The van der Waals surface area contributed by atoms with Gasteiger partial charge in [-0.15, -0.1) is 0 Å². The first-order valence-corrected chi connectivity index (χ1v) is 11.1. The van der Waals surface area contributed by atoms with Crippen molar-refractivity contribution >= 4 is 23.2 Å². The standard InChI is InChI=1S/C25H30ClNO3/c1-6-27-16-10-24(2,3)12-19(29)22(16)21(14-7-8-18(28)15(26)9-14)23-17(27)11-25(4,5)13-20(23)30/h7-9,21,28H,6,10-13H2,1-5H3. The molecule has 5 heteroatoms. The first kappa shape index (κ1) is 21.2. The van der Waals surface area contributed by atoms with E-state index >= 15 is 0 Å². The molecule has 0 aromatic heterocycles. The van der Waals surface area contributed by atoms with Gasteiger partial charge < -0.3 is 10.0 Å². The van der Waals surface area contributed by atoms with Crippen LogP contribution < -0.4 is 0 Å². The van der Waals surface area contributed by atoms with Crippen LogP contribution in [0, 0.1) is 10.8 Å². The normalized spacial score (nSPS) is 23.6. The number of carbonyl (C=O) groups excluding carboxylic acids is 2. The quantitative estimate of drug-likeness (QED) is 0.652. The molecule has 0 unspecified atom stereocenters. The van der Waals surface area contributed by atoms with E-state index in [1.807, 2.05) is 0 Å². The minimum Gasteiger partial charge on any atom is -0.506 e. The highest BCUT2D eigenvalue weighted by Gasteiger charge is 2.48. The number of nitrogens with zero attached hydrogens (tertiary/aromatic N) is 1. The lowest BCUT2D eigenvalue weighted by molar-refractivity contribution is -0.119. The molecule has 1 N–H and O–H groups in total. The highest BCUT2D eigenvalue weighted by atomic mass is 35.5. The monoisotopic (exact) mass is 427 g/mol. The van der Waals surface area contributed by atoms with Crippen LogP contribution in [0.15, 0.2) is 40.7 Å². The molecule has 0 atom stereocenters. The number of ketones is 2. The van der Waals surface area contributed by atoms with Gasteiger partial charge in [0.1, 0.15) is 5.75 Å². The maximum absolute atomic E-state index is 13.4. The molecule has 2 aliphatic carbocycles.